The van der Waals surface area contributed by atoms with Crippen LogP contribution in [0.1, 0.15) is 0 Å². The highest BCUT2D eigenvalue weighted by Gasteiger charge is 2.30. The van der Waals surface area contributed by atoms with E-state index in [1.807, 2.05) is 0 Å². The second-order valence-corrected chi connectivity index (χ2v) is 3.62. The Hall–Kier alpha value is -2.71. The Labute approximate surface area is 110 Å². The van der Waals surface area contributed by atoms with Gasteiger partial charge in [-0.2, -0.15) is 5.10 Å². The molecule has 2 aromatic rings. The van der Waals surface area contributed by atoms with Crippen molar-refractivity contribution < 1.29 is 22.7 Å². The van der Waals surface area contributed by atoms with Crippen molar-refractivity contribution in [3.05, 3.63) is 36.5 Å². The molecule has 0 bridgehead atoms. The van der Waals surface area contributed by atoms with Gasteiger partial charge in [0.1, 0.15) is 11.6 Å². The smallest absolute Gasteiger partial charge is 0.406 e. The minimum absolute atomic E-state index is 0.316. The van der Waals surface area contributed by atoms with Crippen molar-refractivity contribution in [2.45, 2.75) is 6.36 Å². The molecule has 0 saturated carbocycles. The summed E-state index contributed by atoms with van der Waals surface area (Å²) in [5, 5.41) is 11.0. The standard InChI is InChI=1S/C11H9F3N4O2/c12-11(13,14)20-8-3-1-7(2-4-8)16-10(19)17-9-5-6-15-18-9/h1-6H,(H3,15,16,17,18,19). The molecular formula is C11H9F3N4O2. The number of carbonyl (C=O) groups is 1. The van der Waals surface area contributed by atoms with Crippen molar-refractivity contribution in [1.29, 1.82) is 0 Å². The number of amides is 2. The number of benzene rings is 1. The average Bonchev–Trinajstić information content (AvgIpc) is 2.82. The van der Waals surface area contributed by atoms with Crippen LogP contribution >= 0.6 is 0 Å². The summed E-state index contributed by atoms with van der Waals surface area (Å²) in [6, 6.07) is 5.75. The largest absolute Gasteiger partial charge is 0.573 e. The Morgan fingerprint density at radius 3 is 2.40 bits per heavy atom. The highest BCUT2D eigenvalue weighted by atomic mass is 19.4. The Morgan fingerprint density at radius 1 is 1.15 bits per heavy atom. The highest BCUT2D eigenvalue weighted by molar-refractivity contribution is 5.99. The van der Waals surface area contributed by atoms with Gasteiger partial charge in [0.25, 0.3) is 0 Å². The molecule has 0 atom stereocenters. The lowest BCUT2D eigenvalue weighted by molar-refractivity contribution is -0.274. The molecule has 2 amide bonds. The summed E-state index contributed by atoms with van der Waals surface area (Å²) in [5.41, 5.74) is 0.316. The fourth-order valence-corrected chi connectivity index (χ4v) is 1.35. The fraction of sp³-hybridized carbons (Fsp3) is 0.0909. The number of aromatic amines is 1. The number of ether oxygens (including phenoxy) is 1. The molecule has 2 rings (SSSR count). The minimum atomic E-state index is -4.74. The Kier molecular flexibility index (Phi) is 3.78. The zero-order valence-electron chi connectivity index (χ0n) is 9.86. The number of hydrogen-bond acceptors (Lipinski definition) is 3. The van der Waals surface area contributed by atoms with Crippen molar-refractivity contribution in [2.75, 3.05) is 10.6 Å². The second-order valence-electron chi connectivity index (χ2n) is 3.62. The molecule has 1 aromatic carbocycles. The number of anilines is 2. The zero-order valence-corrected chi connectivity index (χ0v) is 9.86. The predicted molar refractivity (Wildman–Crippen MR) is 64.4 cm³/mol. The molecule has 9 heteroatoms. The van der Waals surface area contributed by atoms with Crippen LogP contribution in [-0.2, 0) is 0 Å². The molecule has 0 unspecified atom stereocenters. The van der Waals surface area contributed by atoms with Crippen molar-refractivity contribution in [3.63, 3.8) is 0 Å². The molecule has 106 valence electrons. The first-order valence-corrected chi connectivity index (χ1v) is 5.35. The maximum Gasteiger partial charge on any atom is 0.573 e. The van der Waals surface area contributed by atoms with Gasteiger partial charge in [-0.25, -0.2) is 4.79 Å². The quantitative estimate of drug-likeness (QED) is 0.811. The summed E-state index contributed by atoms with van der Waals surface area (Å²) < 4.78 is 39.6. The van der Waals surface area contributed by atoms with E-state index in [9.17, 15) is 18.0 Å². The lowest BCUT2D eigenvalue weighted by Crippen LogP contribution is -2.20. The highest BCUT2D eigenvalue weighted by Crippen LogP contribution is 2.23. The minimum Gasteiger partial charge on any atom is -0.406 e. The van der Waals surface area contributed by atoms with Gasteiger partial charge in [0.05, 0.1) is 6.20 Å². The molecule has 6 nitrogen and oxygen atoms in total. The van der Waals surface area contributed by atoms with Gasteiger partial charge in [0.15, 0.2) is 0 Å². The van der Waals surface area contributed by atoms with E-state index in [2.05, 4.69) is 25.6 Å². The van der Waals surface area contributed by atoms with Crippen LogP contribution in [0.25, 0.3) is 0 Å². The SMILES string of the molecule is O=C(Nc1ccc(OC(F)(F)F)cc1)Nc1ccn[nH]1. The van der Waals surface area contributed by atoms with Crippen molar-refractivity contribution in [2.24, 2.45) is 0 Å². The summed E-state index contributed by atoms with van der Waals surface area (Å²) in [6.45, 7) is 0. The van der Waals surface area contributed by atoms with Crippen molar-refractivity contribution >= 4 is 17.5 Å². The number of H-pyrrole nitrogens is 1. The second kappa shape index (κ2) is 5.51. The van der Waals surface area contributed by atoms with Gasteiger partial charge >= 0.3 is 12.4 Å². The van der Waals surface area contributed by atoms with Crippen molar-refractivity contribution in [3.8, 4) is 5.75 Å². The van der Waals surface area contributed by atoms with E-state index in [4.69, 9.17) is 0 Å². The Bertz CT molecular complexity index is 566. The number of rotatable bonds is 3. The van der Waals surface area contributed by atoms with E-state index >= 15 is 0 Å². The number of urea groups is 1. The third-order valence-corrected chi connectivity index (χ3v) is 2.09. The first-order chi connectivity index (χ1) is 9.42. The maximum absolute atomic E-state index is 12.0. The van der Waals surface area contributed by atoms with E-state index in [1.165, 1.54) is 18.3 Å². The van der Waals surface area contributed by atoms with Crippen LogP contribution in [0.4, 0.5) is 29.5 Å². The van der Waals surface area contributed by atoms with Crippen LogP contribution in [-0.4, -0.2) is 22.6 Å². The average molecular weight is 286 g/mol. The number of halogens is 3. The van der Waals surface area contributed by atoms with E-state index < -0.39 is 12.4 Å². The third kappa shape index (κ3) is 4.19. The van der Waals surface area contributed by atoms with Gasteiger partial charge in [-0.1, -0.05) is 0 Å². The van der Waals surface area contributed by atoms with Gasteiger partial charge in [0, 0.05) is 11.8 Å². The van der Waals surface area contributed by atoms with E-state index in [0.29, 0.717) is 11.5 Å². The number of carbonyl (C=O) groups excluding carboxylic acids is 1. The van der Waals surface area contributed by atoms with Crippen molar-refractivity contribution in [1.82, 2.24) is 10.2 Å². The van der Waals surface area contributed by atoms with Crippen LogP contribution in [0.15, 0.2) is 36.5 Å². The summed E-state index contributed by atoms with van der Waals surface area (Å²) >= 11 is 0. The van der Waals surface area contributed by atoms with Crippen LogP contribution in [0, 0.1) is 0 Å². The molecule has 0 saturated heterocycles. The van der Waals surface area contributed by atoms with Gasteiger partial charge in [0.2, 0.25) is 0 Å². The number of aromatic nitrogens is 2. The number of hydrogen-bond donors (Lipinski definition) is 3. The summed E-state index contributed by atoms with van der Waals surface area (Å²) in [7, 11) is 0. The molecule has 0 aliphatic rings. The predicted octanol–water partition coefficient (Wildman–Crippen LogP) is 2.95. The molecule has 0 aliphatic carbocycles. The number of nitrogens with one attached hydrogen (secondary N) is 3. The summed E-state index contributed by atoms with van der Waals surface area (Å²) in [6.07, 6.45) is -3.29. The lowest BCUT2D eigenvalue weighted by Gasteiger charge is -2.10. The molecule has 0 aliphatic heterocycles. The van der Waals surface area contributed by atoms with Gasteiger partial charge < -0.3 is 10.1 Å². The third-order valence-electron chi connectivity index (χ3n) is 2.09. The maximum atomic E-state index is 12.0. The zero-order chi connectivity index (χ0) is 14.6. The molecule has 0 fully saturated rings. The van der Waals surface area contributed by atoms with Crippen LogP contribution < -0.4 is 15.4 Å². The summed E-state index contributed by atoms with van der Waals surface area (Å²) in [5.74, 6) is 0.0246. The monoisotopic (exact) mass is 286 g/mol. The van der Waals surface area contributed by atoms with E-state index in [-0.39, 0.29) is 5.75 Å². The fourth-order valence-electron chi connectivity index (χ4n) is 1.35. The van der Waals surface area contributed by atoms with Gasteiger partial charge in [-0.15, -0.1) is 13.2 Å². The van der Waals surface area contributed by atoms with Gasteiger partial charge in [-0.3, -0.25) is 10.4 Å². The van der Waals surface area contributed by atoms with Gasteiger partial charge in [-0.05, 0) is 24.3 Å². The normalized spacial score (nSPS) is 10.9. The Balaban J connectivity index is 1.92. The lowest BCUT2D eigenvalue weighted by atomic mass is 10.3. The topological polar surface area (TPSA) is 79.0 Å². The molecule has 20 heavy (non-hydrogen) atoms. The Morgan fingerprint density at radius 2 is 1.85 bits per heavy atom. The summed E-state index contributed by atoms with van der Waals surface area (Å²) in [4.78, 5) is 11.5. The molecule has 0 spiro atoms. The first-order valence-electron chi connectivity index (χ1n) is 5.35. The first kappa shape index (κ1) is 13.7. The molecular weight excluding hydrogens is 277 g/mol. The van der Waals surface area contributed by atoms with Crippen LogP contribution in [0.5, 0.6) is 5.75 Å². The molecule has 3 N–H and O–H groups in total. The number of nitrogens with zero attached hydrogens (tertiary/aromatic N) is 1. The van der Waals surface area contributed by atoms with Crippen LogP contribution in [0.3, 0.4) is 0 Å². The number of alkyl halides is 3. The van der Waals surface area contributed by atoms with Crippen LogP contribution in [0.2, 0.25) is 0 Å². The van der Waals surface area contributed by atoms with E-state index in [1.54, 1.807) is 6.07 Å². The molecule has 1 aromatic heterocycles. The molecule has 0 radical (unpaired) electrons. The molecule has 1 heterocycles. The van der Waals surface area contributed by atoms with E-state index in [0.717, 1.165) is 12.1 Å².